The highest BCUT2D eigenvalue weighted by atomic mass is 16.1. The first-order chi connectivity index (χ1) is 6.61. The van der Waals surface area contributed by atoms with Crippen LogP contribution in [-0.4, -0.2) is 11.8 Å². The van der Waals surface area contributed by atoms with E-state index in [-0.39, 0.29) is 11.8 Å². The Morgan fingerprint density at radius 2 is 1.93 bits per heavy atom. The lowest BCUT2D eigenvalue weighted by molar-refractivity contribution is -0.118. The van der Waals surface area contributed by atoms with E-state index in [9.17, 15) is 4.79 Å². The lowest BCUT2D eigenvalue weighted by atomic mass is 9.87. The van der Waals surface area contributed by atoms with Gasteiger partial charge < -0.3 is 5.73 Å². The lowest BCUT2D eigenvalue weighted by Crippen LogP contribution is -2.29. The lowest BCUT2D eigenvalue weighted by Gasteiger charge is -2.19. The van der Waals surface area contributed by atoms with Gasteiger partial charge in [-0.25, -0.2) is 0 Å². The molecule has 1 aliphatic carbocycles. The second kappa shape index (κ2) is 5.50. The molecule has 82 valence electrons. The number of ketones is 1. The first-order valence-corrected chi connectivity index (χ1v) is 5.87. The normalized spacial score (nSPS) is 22.2. The molecule has 2 nitrogen and oxygen atoms in total. The molecule has 0 amide bonds. The third kappa shape index (κ3) is 3.41. The Labute approximate surface area is 87.2 Å². The molecule has 0 heterocycles. The van der Waals surface area contributed by atoms with Crippen LogP contribution >= 0.6 is 0 Å². The average molecular weight is 197 g/mol. The molecule has 2 unspecified atom stereocenters. The van der Waals surface area contributed by atoms with Crippen LogP contribution in [0, 0.1) is 11.8 Å². The monoisotopic (exact) mass is 197 g/mol. The van der Waals surface area contributed by atoms with E-state index in [0.717, 1.165) is 24.7 Å². The number of rotatable bonds is 5. The van der Waals surface area contributed by atoms with Crippen molar-refractivity contribution in [2.45, 2.75) is 58.4 Å². The van der Waals surface area contributed by atoms with Crippen LogP contribution in [0.5, 0.6) is 0 Å². The molecule has 0 bridgehead atoms. The highest BCUT2D eigenvalue weighted by Crippen LogP contribution is 2.33. The van der Waals surface area contributed by atoms with Gasteiger partial charge in [-0.1, -0.05) is 32.6 Å². The molecule has 1 rings (SSSR count). The number of hydrogen-bond acceptors (Lipinski definition) is 2. The van der Waals surface area contributed by atoms with Crippen LogP contribution in [0.4, 0.5) is 0 Å². The SMILES string of the molecule is CC(=O)C(N)CCC(C)C1CCCC1. The van der Waals surface area contributed by atoms with E-state index < -0.39 is 0 Å². The molecule has 0 aliphatic heterocycles. The Hall–Kier alpha value is -0.370. The van der Waals surface area contributed by atoms with Crippen molar-refractivity contribution in [1.29, 1.82) is 0 Å². The summed E-state index contributed by atoms with van der Waals surface area (Å²) in [5.41, 5.74) is 5.71. The molecule has 2 atom stereocenters. The molecule has 14 heavy (non-hydrogen) atoms. The van der Waals surface area contributed by atoms with Gasteiger partial charge in [0.05, 0.1) is 6.04 Å². The van der Waals surface area contributed by atoms with Gasteiger partial charge >= 0.3 is 0 Å². The summed E-state index contributed by atoms with van der Waals surface area (Å²) in [7, 11) is 0. The third-order valence-electron chi connectivity index (χ3n) is 3.66. The summed E-state index contributed by atoms with van der Waals surface area (Å²) in [5, 5.41) is 0. The largest absolute Gasteiger partial charge is 0.322 e. The molecule has 1 saturated carbocycles. The van der Waals surface area contributed by atoms with Crippen molar-refractivity contribution in [3.8, 4) is 0 Å². The zero-order valence-electron chi connectivity index (χ0n) is 9.46. The van der Waals surface area contributed by atoms with Gasteiger partial charge in [0.25, 0.3) is 0 Å². The Morgan fingerprint density at radius 3 is 2.43 bits per heavy atom. The Morgan fingerprint density at radius 1 is 1.36 bits per heavy atom. The van der Waals surface area contributed by atoms with Gasteiger partial charge in [-0.05, 0) is 31.6 Å². The van der Waals surface area contributed by atoms with Crippen molar-refractivity contribution in [2.75, 3.05) is 0 Å². The van der Waals surface area contributed by atoms with Crippen LogP contribution in [-0.2, 0) is 4.79 Å². The van der Waals surface area contributed by atoms with Crippen molar-refractivity contribution >= 4 is 5.78 Å². The fourth-order valence-corrected chi connectivity index (χ4v) is 2.41. The summed E-state index contributed by atoms with van der Waals surface area (Å²) in [5.74, 6) is 1.78. The third-order valence-corrected chi connectivity index (χ3v) is 3.66. The number of carbonyl (C=O) groups is 1. The minimum absolute atomic E-state index is 0.128. The summed E-state index contributed by atoms with van der Waals surface area (Å²) in [6.07, 6.45) is 7.55. The van der Waals surface area contributed by atoms with E-state index in [1.165, 1.54) is 25.7 Å². The Balaban J connectivity index is 2.19. The van der Waals surface area contributed by atoms with E-state index in [1.807, 2.05) is 0 Å². The van der Waals surface area contributed by atoms with Gasteiger partial charge in [0.15, 0.2) is 0 Å². The number of Topliss-reactive ketones (excluding diaryl/α,β-unsaturated/α-hetero) is 1. The molecule has 0 saturated heterocycles. The quantitative estimate of drug-likeness (QED) is 0.736. The molecule has 0 spiro atoms. The maximum Gasteiger partial charge on any atom is 0.146 e. The van der Waals surface area contributed by atoms with Crippen LogP contribution < -0.4 is 5.73 Å². The predicted molar refractivity (Wildman–Crippen MR) is 59.0 cm³/mol. The fraction of sp³-hybridized carbons (Fsp3) is 0.917. The van der Waals surface area contributed by atoms with Crippen LogP contribution in [0.1, 0.15) is 52.4 Å². The van der Waals surface area contributed by atoms with Crippen molar-refractivity contribution in [1.82, 2.24) is 0 Å². The van der Waals surface area contributed by atoms with Gasteiger partial charge in [0, 0.05) is 0 Å². The predicted octanol–water partition coefficient (Wildman–Crippen LogP) is 2.51. The topological polar surface area (TPSA) is 43.1 Å². The molecule has 2 heteroatoms. The fourth-order valence-electron chi connectivity index (χ4n) is 2.41. The Bertz CT molecular complexity index is 185. The van der Waals surface area contributed by atoms with E-state index in [0.29, 0.717) is 0 Å². The standard InChI is InChI=1S/C12H23NO/c1-9(11-5-3-4-6-11)7-8-12(13)10(2)14/h9,11-12H,3-8,13H2,1-2H3. The van der Waals surface area contributed by atoms with Crippen molar-refractivity contribution in [3.05, 3.63) is 0 Å². The number of carbonyl (C=O) groups excluding carboxylic acids is 1. The second-order valence-electron chi connectivity index (χ2n) is 4.82. The smallest absolute Gasteiger partial charge is 0.146 e. The van der Waals surface area contributed by atoms with Gasteiger partial charge in [-0.15, -0.1) is 0 Å². The molecule has 0 aromatic heterocycles. The molecular weight excluding hydrogens is 174 g/mol. The maximum absolute atomic E-state index is 11.0. The van der Waals surface area contributed by atoms with Crippen molar-refractivity contribution in [3.63, 3.8) is 0 Å². The van der Waals surface area contributed by atoms with E-state index >= 15 is 0 Å². The van der Waals surface area contributed by atoms with Gasteiger partial charge in [-0.2, -0.15) is 0 Å². The average Bonchev–Trinajstić information content (AvgIpc) is 2.66. The zero-order chi connectivity index (χ0) is 10.6. The molecule has 1 fully saturated rings. The number of hydrogen-bond donors (Lipinski definition) is 1. The first-order valence-electron chi connectivity index (χ1n) is 5.87. The van der Waals surface area contributed by atoms with E-state index in [4.69, 9.17) is 5.73 Å². The van der Waals surface area contributed by atoms with Gasteiger partial charge in [0.1, 0.15) is 5.78 Å². The number of nitrogens with two attached hydrogens (primary N) is 1. The van der Waals surface area contributed by atoms with Crippen molar-refractivity contribution < 1.29 is 4.79 Å². The summed E-state index contributed by atoms with van der Waals surface area (Å²) >= 11 is 0. The van der Waals surface area contributed by atoms with Crippen LogP contribution in [0.3, 0.4) is 0 Å². The minimum atomic E-state index is -0.223. The van der Waals surface area contributed by atoms with Gasteiger partial charge in [0.2, 0.25) is 0 Å². The summed E-state index contributed by atoms with van der Waals surface area (Å²) < 4.78 is 0. The second-order valence-corrected chi connectivity index (χ2v) is 4.82. The van der Waals surface area contributed by atoms with Gasteiger partial charge in [-0.3, -0.25) is 4.79 Å². The minimum Gasteiger partial charge on any atom is -0.322 e. The first kappa shape index (κ1) is 11.7. The molecule has 0 aromatic carbocycles. The summed E-state index contributed by atoms with van der Waals surface area (Å²) in [6, 6.07) is -0.223. The maximum atomic E-state index is 11.0. The highest BCUT2D eigenvalue weighted by molar-refractivity contribution is 5.81. The van der Waals surface area contributed by atoms with E-state index in [2.05, 4.69) is 6.92 Å². The Kier molecular flexibility index (Phi) is 4.59. The van der Waals surface area contributed by atoms with Crippen LogP contribution in [0.2, 0.25) is 0 Å². The molecule has 0 radical (unpaired) electrons. The molecule has 1 aliphatic rings. The zero-order valence-corrected chi connectivity index (χ0v) is 9.46. The molecular formula is C12H23NO. The van der Waals surface area contributed by atoms with Crippen LogP contribution in [0.15, 0.2) is 0 Å². The molecule has 0 aromatic rings. The van der Waals surface area contributed by atoms with Crippen LogP contribution in [0.25, 0.3) is 0 Å². The van der Waals surface area contributed by atoms with Crippen molar-refractivity contribution in [2.24, 2.45) is 17.6 Å². The molecule has 2 N–H and O–H groups in total. The summed E-state index contributed by atoms with van der Waals surface area (Å²) in [6.45, 7) is 3.90. The van der Waals surface area contributed by atoms with E-state index in [1.54, 1.807) is 6.92 Å². The summed E-state index contributed by atoms with van der Waals surface area (Å²) in [4.78, 5) is 11.0. The highest BCUT2D eigenvalue weighted by Gasteiger charge is 2.22.